The van der Waals surface area contributed by atoms with E-state index in [0.717, 1.165) is 12.8 Å². The van der Waals surface area contributed by atoms with Crippen LogP contribution < -0.4 is 0 Å². The monoisotopic (exact) mass is 229 g/mol. The first kappa shape index (κ1) is 13.5. The summed E-state index contributed by atoms with van der Waals surface area (Å²) in [5.41, 5.74) is -0.257. The molecule has 1 rings (SSSR count). The van der Waals surface area contributed by atoms with Crippen molar-refractivity contribution in [1.82, 2.24) is 5.06 Å². The Hall–Kier alpha value is -0.610. The van der Waals surface area contributed by atoms with E-state index in [1.807, 2.05) is 5.06 Å². The molecule has 0 unspecified atom stereocenters. The van der Waals surface area contributed by atoms with E-state index in [1.54, 1.807) is 7.11 Å². The number of hydrogen-bond acceptors (Lipinski definition) is 4. The van der Waals surface area contributed by atoms with E-state index < -0.39 is 0 Å². The smallest absolute Gasteiger partial charge is 0.302 e. The van der Waals surface area contributed by atoms with Crippen molar-refractivity contribution in [3.8, 4) is 0 Å². The fraction of sp³-hybridized carbons (Fsp3) is 0.917. The number of ether oxygens (including phenoxy) is 1. The van der Waals surface area contributed by atoms with Crippen LogP contribution in [0.3, 0.4) is 0 Å². The van der Waals surface area contributed by atoms with Gasteiger partial charge in [0.2, 0.25) is 0 Å². The van der Waals surface area contributed by atoms with Gasteiger partial charge in [0, 0.05) is 30.8 Å². The van der Waals surface area contributed by atoms with Crippen LogP contribution in [0.4, 0.5) is 0 Å². The molecule has 0 amide bonds. The highest BCUT2D eigenvalue weighted by Crippen LogP contribution is 2.39. The molecule has 0 atom stereocenters. The molecule has 0 aliphatic carbocycles. The number of nitrogens with zero attached hydrogens (tertiary/aromatic N) is 1. The third-order valence-electron chi connectivity index (χ3n) is 3.07. The molecule has 0 aromatic carbocycles. The van der Waals surface area contributed by atoms with Gasteiger partial charge in [0.15, 0.2) is 0 Å². The first-order valence-corrected chi connectivity index (χ1v) is 5.71. The lowest BCUT2D eigenvalue weighted by Crippen LogP contribution is -2.61. The number of hydrogen-bond donors (Lipinski definition) is 0. The van der Waals surface area contributed by atoms with E-state index in [4.69, 9.17) is 9.57 Å². The van der Waals surface area contributed by atoms with E-state index in [2.05, 4.69) is 27.7 Å². The Labute approximate surface area is 97.9 Å². The molecule has 1 fully saturated rings. The Morgan fingerprint density at radius 2 is 1.62 bits per heavy atom. The summed E-state index contributed by atoms with van der Waals surface area (Å²) in [7, 11) is 1.69. The first-order chi connectivity index (χ1) is 7.19. The standard InChI is InChI=1S/C12H23NO3/c1-9(14)16-10-7-11(2,3)13(15-6)12(4,5)8-10/h10H,7-8H2,1-6H3. The summed E-state index contributed by atoms with van der Waals surface area (Å²) in [6.07, 6.45) is 1.57. The maximum atomic E-state index is 11.0. The molecule has 1 heterocycles. The Morgan fingerprint density at radius 1 is 1.19 bits per heavy atom. The number of esters is 1. The molecule has 1 aliphatic rings. The minimum absolute atomic E-state index is 0.0195. The van der Waals surface area contributed by atoms with Crippen molar-refractivity contribution in [2.45, 2.75) is 64.6 Å². The first-order valence-electron chi connectivity index (χ1n) is 5.71. The van der Waals surface area contributed by atoms with Crippen LogP contribution in [-0.4, -0.2) is 35.3 Å². The zero-order valence-corrected chi connectivity index (χ0v) is 11.2. The van der Waals surface area contributed by atoms with Gasteiger partial charge in [-0.15, -0.1) is 0 Å². The molecule has 0 spiro atoms. The molecule has 0 radical (unpaired) electrons. The molecule has 0 N–H and O–H groups in total. The molecular weight excluding hydrogens is 206 g/mol. The normalized spacial score (nSPS) is 25.4. The van der Waals surface area contributed by atoms with E-state index in [-0.39, 0.29) is 23.2 Å². The lowest BCUT2D eigenvalue weighted by atomic mass is 9.80. The molecule has 16 heavy (non-hydrogen) atoms. The minimum Gasteiger partial charge on any atom is -0.462 e. The summed E-state index contributed by atoms with van der Waals surface area (Å²) >= 11 is 0. The largest absolute Gasteiger partial charge is 0.462 e. The molecule has 94 valence electrons. The van der Waals surface area contributed by atoms with Crippen molar-refractivity contribution in [2.75, 3.05) is 7.11 Å². The fourth-order valence-electron chi connectivity index (χ4n) is 2.98. The Balaban J connectivity index is 2.84. The van der Waals surface area contributed by atoms with E-state index in [1.165, 1.54) is 6.92 Å². The van der Waals surface area contributed by atoms with Crippen LogP contribution in [0.5, 0.6) is 0 Å². The second kappa shape index (κ2) is 4.34. The predicted molar refractivity (Wildman–Crippen MR) is 61.8 cm³/mol. The van der Waals surface area contributed by atoms with E-state index in [9.17, 15) is 4.79 Å². The number of carbonyl (C=O) groups is 1. The number of carbonyl (C=O) groups excluding carboxylic acids is 1. The lowest BCUT2D eigenvalue weighted by Gasteiger charge is -2.52. The van der Waals surface area contributed by atoms with Gasteiger partial charge in [0.1, 0.15) is 6.10 Å². The van der Waals surface area contributed by atoms with Crippen LogP contribution >= 0.6 is 0 Å². The van der Waals surface area contributed by atoms with Crippen molar-refractivity contribution >= 4 is 5.97 Å². The van der Waals surface area contributed by atoms with Gasteiger partial charge < -0.3 is 9.57 Å². The van der Waals surface area contributed by atoms with Gasteiger partial charge in [-0.2, -0.15) is 5.06 Å². The van der Waals surface area contributed by atoms with Gasteiger partial charge in [0.25, 0.3) is 0 Å². The van der Waals surface area contributed by atoms with Crippen LogP contribution in [0.15, 0.2) is 0 Å². The van der Waals surface area contributed by atoms with Gasteiger partial charge in [-0.05, 0) is 27.7 Å². The highest BCUT2D eigenvalue weighted by atomic mass is 16.7. The predicted octanol–water partition coefficient (Wildman–Crippen LogP) is 2.13. The number of hydroxylamine groups is 2. The molecule has 1 aliphatic heterocycles. The van der Waals surface area contributed by atoms with Crippen LogP contribution in [0.2, 0.25) is 0 Å². The van der Waals surface area contributed by atoms with E-state index in [0.29, 0.717) is 0 Å². The van der Waals surface area contributed by atoms with Gasteiger partial charge in [-0.25, -0.2) is 0 Å². The van der Waals surface area contributed by atoms with Crippen LogP contribution in [-0.2, 0) is 14.4 Å². The highest BCUT2D eigenvalue weighted by Gasteiger charge is 2.47. The highest BCUT2D eigenvalue weighted by molar-refractivity contribution is 5.66. The molecule has 1 saturated heterocycles. The molecule has 4 heteroatoms. The van der Waals surface area contributed by atoms with E-state index >= 15 is 0 Å². The topological polar surface area (TPSA) is 38.8 Å². The summed E-state index contributed by atoms with van der Waals surface area (Å²) in [5, 5.41) is 2.00. The average Bonchev–Trinajstić information content (AvgIpc) is 1.97. The van der Waals surface area contributed by atoms with Gasteiger partial charge >= 0.3 is 5.97 Å². The summed E-state index contributed by atoms with van der Waals surface area (Å²) in [4.78, 5) is 16.5. The third-order valence-corrected chi connectivity index (χ3v) is 3.07. The maximum absolute atomic E-state index is 11.0. The molecule has 0 bridgehead atoms. The minimum atomic E-state index is -0.206. The van der Waals surface area contributed by atoms with Crippen LogP contribution in [0, 0.1) is 0 Å². The van der Waals surface area contributed by atoms with Crippen molar-refractivity contribution in [1.29, 1.82) is 0 Å². The molecule has 0 aromatic rings. The molecule has 0 saturated carbocycles. The Morgan fingerprint density at radius 3 is 1.94 bits per heavy atom. The summed E-state index contributed by atoms with van der Waals surface area (Å²) in [5.74, 6) is -0.206. The van der Waals surface area contributed by atoms with Gasteiger partial charge in [0.05, 0.1) is 7.11 Å². The average molecular weight is 229 g/mol. The number of rotatable bonds is 2. The Bertz CT molecular complexity index is 255. The Kier molecular flexibility index (Phi) is 3.65. The van der Waals surface area contributed by atoms with Crippen LogP contribution in [0.1, 0.15) is 47.5 Å². The zero-order chi connectivity index (χ0) is 12.6. The quantitative estimate of drug-likeness (QED) is 0.680. The third kappa shape index (κ3) is 2.74. The SMILES string of the molecule is CON1C(C)(C)CC(OC(C)=O)CC1(C)C. The summed E-state index contributed by atoms with van der Waals surface area (Å²) in [6, 6.07) is 0. The maximum Gasteiger partial charge on any atom is 0.302 e. The zero-order valence-electron chi connectivity index (χ0n) is 11.2. The van der Waals surface area contributed by atoms with Gasteiger partial charge in [-0.1, -0.05) is 0 Å². The van der Waals surface area contributed by atoms with Crippen molar-refractivity contribution in [3.63, 3.8) is 0 Å². The summed E-state index contributed by atoms with van der Waals surface area (Å²) < 4.78 is 5.33. The van der Waals surface area contributed by atoms with Gasteiger partial charge in [-0.3, -0.25) is 4.79 Å². The summed E-state index contributed by atoms with van der Waals surface area (Å²) in [6.45, 7) is 9.88. The molecular formula is C12H23NO3. The fourth-order valence-corrected chi connectivity index (χ4v) is 2.98. The lowest BCUT2D eigenvalue weighted by molar-refractivity contribution is -0.278. The molecule has 4 nitrogen and oxygen atoms in total. The molecule has 0 aromatic heterocycles. The van der Waals surface area contributed by atoms with Crippen molar-refractivity contribution in [2.24, 2.45) is 0 Å². The second-order valence-corrected chi connectivity index (χ2v) is 5.74. The second-order valence-electron chi connectivity index (χ2n) is 5.74. The van der Waals surface area contributed by atoms with Crippen molar-refractivity contribution in [3.05, 3.63) is 0 Å². The van der Waals surface area contributed by atoms with Crippen LogP contribution in [0.25, 0.3) is 0 Å². The number of piperidine rings is 1. The van der Waals surface area contributed by atoms with Crippen molar-refractivity contribution < 1.29 is 14.4 Å².